The number of nitrogens with two attached hydrogens (primary N) is 1. The average Bonchev–Trinajstić information content (AvgIpc) is 2.77. The number of hydrogen-bond donors (Lipinski definition) is 1. The Morgan fingerprint density at radius 1 is 1.41 bits per heavy atom. The quantitative estimate of drug-likeness (QED) is 0.884. The van der Waals surface area contributed by atoms with Crippen LogP contribution in [0, 0.1) is 6.92 Å². The van der Waals surface area contributed by atoms with E-state index in [0.717, 1.165) is 22.1 Å². The lowest BCUT2D eigenvalue weighted by Crippen LogP contribution is -2.00. The van der Waals surface area contributed by atoms with Gasteiger partial charge in [0.2, 0.25) is 0 Å². The Hall–Kier alpha value is -1.39. The zero-order valence-corrected chi connectivity index (χ0v) is 10.7. The molecule has 0 saturated heterocycles. The van der Waals surface area contributed by atoms with E-state index < -0.39 is 0 Å². The van der Waals surface area contributed by atoms with Gasteiger partial charge in [0.15, 0.2) is 0 Å². The van der Waals surface area contributed by atoms with Gasteiger partial charge in [0.05, 0.1) is 11.6 Å². The molecule has 0 fully saturated rings. The fraction of sp³-hybridized carbons (Fsp3) is 0.308. The third-order valence-corrected chi connectivity index (χ3v) is 3.46. The predicted molar refractivity (Wildman–Crippen MR) is 70.4 cm³/mol. The summed E-state index contributed by atoms with van der Waals surface area (Å²) >= 11 is 1.66. The van der Waals surface area contributed by atoms with Gasteiger partial charge in [-0.3, -0.25) is 0 Å². The summed E-state index contributed by atoms with van der Waals surface area (Å²) in [6.45, 7) is 3.28. The van der Waals surface area contributed by atoms with Gasteiger partial charge in [-0.15, -0.1) is 11.3 Å². The molecule has 0 radical (unpaired) electrons. The summed E-state index contributed by atoms with van der Waals surface area (Å²) in [4.78, 5) is 5.42. The second kappa shape index (κ2) is 5.80. The van der Waals surface area contributed by atoms with Crippen LogP contribution < -0.4 is 10.5 Å². The standard InChI is InChI=1S/C13H16N2OS/c1-10-3-2-4-11(7-10)16-6-5-13-15-9-12(8-14)17-13/h2-4,7,9H,5-6,8,14H2,1H3. The third-order valence-electron chi connectivity index (χ3n) is 2.38. The van der Waals surface area contributed by atoms with E-state index >= 15 is 0 Å². The van der Waals surface area contributed by atoms with Crippen LogP contribution in [0.1, 0.15) is 15.4 Å². The molecule has 3 nitrogen and oxygen atoms in total. The molecule has 2 aromatic rings. The number of rotatable bonds is 5. The molecule has 17 heavy (non-hydrogen) atoms. The van der Waals surface area contributed by atoms with Crippen molar-refractivity contribution in [3.05, 3.63) is 45.9 Å². The summed E-state index contributed by atoms with van der Waals surface area (Å²) in [5, 5.41) is 1.08. The molecule has 0 spiro atoms. The van der Waals surface area contributed by atoms with Crippen LogP contribution in [0.5, 0.6) is 5.75 Å². The smallest absolute Gasteiger partial charge is 0.119 e. The maximum Gasteiger partial charge on any atom is 0.119 e. The van der Waals surface area contributed by atoms with Crippen LogP contribution in [-0.2, 0) is 13.0 Å². The number of hydrogen-bond acceptors (Lipinski definition) is 4. The molecule has 0 unspecified atom stereocenters. The number of aromatic nitrogens is 1. The van der Waals surface area contributed by atoms with Crippen LogP contribution in [0.3, 0.4) is 0 Å². The predicted octanol–water partition coefficient (Wildman–Crippen LogP) is 2.53. The molecular weight excluding hydrogens is 232 g/mol. The Labute approximate surface area is 105 Å². The molecule has 1 aromatic heterocycles. The number of aryl methyl sites for hydroxylation is 1. The highest BCUT2D eigenvalue weighted by atomic mass is 32.1. The Morgan fingerprint density at radius 3 is 3.00 bits per heavy atom. The first-order valence-electron chi connectivity index (χ1n) is 5.61. The van der Waals surface area contributed by atoms with Crippen molar-refractivity contribution in [1.82, 2.24) is 4.98 Å². The Kier molecular flexibility index (Phi) is 4.12. The Bertz CT molecular complexity index is 482. The monoisotopic (exact) mass is 248 g/mol. The van der Waals surface area contributed by atoms with Crippen LogP contribution in [-0.4, -0.2) is 11.6 Å². The molecular formula is C13H16N2OS. The average molecular weight is 248 g/mol. The number of nitrogens with zero attached hydrogens (tertiary/aromatic N) is 1. The molecule has 0 bridgehead atoms. The molecule has 4 heteroatoms. The first-order valence-corrected chi connectivity index (χ1v) is 6.42. The van der Waals surface area contributed by atoms with E-state index in [2.05, 4.69) is 18.0 Å². The largest absolute Gasteiger partial charge is 0.493 e. The zero-order valence-electron chi connectivity index (χ0n) is 9.85. The van der Waals surface area contributed by atoms with Crippen LogP contribution >= 0.6 is 11.3 Å². The SMILES string of the molecule is Cc1cccc(OCCc2ncc(CN)s2)c1. The van der Waals surface area contributed by atoms with Crippen molar-refractivity contribution < 1.29 is 4.74 Å². The molecule has 0 saturated carbocycles. The number of ether oxygens (including phenoxy) is 1. The minimum absolute atomic E-state index is 0.566. The van der Waals surface area contributed by atoms with Crippen molar-refractivity contribution in [2.75, 3.05) is 6.61 Å². The molecule has 2 rings (SSSR count). The highest BCUT2D eigenvalue weighted by Crippen LogP contribution is 2.15. The second-order valence-electron chi connectivity index (χ2n) is 3.84. The van der Waals surface area contributed by atoms with Crippen molar-refractivity contribution in [1.29, 1.82) is 0 Å². The van der Waals surface area contributed by atoms with Crippen molar-refractivity contribution >= 4 is 11.3 Å². The van der Waals surface area contributed by atoms with Gasteiger partial charge < -0.3 is 10.5 Å². The van der Waals surface area contributed by atoms with Gasteiger partial charge in [-0.05, 0) is 24.6 Å². The van der Waals surface area contributed by atoms with E-state index in [1.165, 1.54) is 5.56 Å². The third kappa shape index (κ3) is 3.54. The van der Waals surface area contributed by atoms with Crippen molar-refractivity contribution in [2.45, 2.75) is 19.9 Å². The first kappa shape index (κ1) is 12.1. The molecule has 0 amide bonds. The Balaban J connectivity index is 1.83. The van der Waals surface area contributed by atoms with Crippen LogP contribution in [0.25, 0.3) is 0 Å². The van der Waals surface area contributed by atoms with Gasteiger partial charge in [0.25, 0.3) is 0 Å². The molecule has 0 aliphatic carbocycles. The Morgan fingerprint density at radius 2 is 2.29 bits per heavy atom. The van der Waals surface area contributed by atoms with E-state index in [4.69, 9.17) is 10.5 Å². The van der Waals surface area contributed by atoms with Crippen molar-refractivity contribution in [3.8, 4) is 5.75 Å². The summed E-state index contributed by atoms with van der Waals surface area (Å²) in [7, 11) is 0. The summed E-state index contributed by atoms with van der Waals surface area (Å²) in [6, 6.07) is 8.06. The highest BCUT2D eigenvalue weighted by Gasteiger charge is 2.01. The maximum atomic E-state index is 5.67. The van der Waals surface area contributed by atoms with E-state index in [1.807, 2.05) is 24.4 Å². The van der Waals surface area contributed by atoms with E-state index in [1.54, 1.807) is 11.3 Å². The number of thiazole rings is 1. The lowest BCUT2D eigenvalue weighted by molar-refractivity contribution is 0.321. The zero-order chi connectivity index (χ0) is 12.1. The lowest BCUT2D eigenvalue weighted by Gasteiger charge is -2.05. The van der Waals surface area contributed by atoms with Gasteiger partial charge in [0.1, 0.15) is 5.75 Å². The van der Waals surface area contributed by atoms with E-state index in [0.29, 0.717) is 13.2 Å². The first-order chi connectivity index (χ1) is 8.28. The highest BCUT2D eigenvalue weighted by molar-refractivity contribution is 7.11. The normalized spacial score (nSPS) is 10.5. The number of benzene rings is 1. The van der Waals surface area contributed by atoms with E-state index in [9.17, 15) is 0 Å². The molecule has 1 heterocycles. The molecule has 90 valence electrons. The fourth-order valence-corrected chi connectivity index (χ4v) is 2.30. The minimum atomic E-state index is 0.566. The summed E-state index contributed by atoms with van der Waals surface area (Å²) in [5.41, 5.74) is 6.75. The van der Waals surface area contributed by atoms with Crippen LogP contribution in [0.2, 0.25) is 0 Å². The minimum Gasteiger partial charge on any atom is -0.493 e. The van der Waals surface area contributed by atoms with Gasteiger partial charge in [-0.1, -0.05) is 12.1 Å². The molecule has 0 aliphatic rings. The fourth-order valence-electron chi connectivity index (χ4n) is 1.52. The molecule has 0 atom stereocenters. The van der Waals surface area contributed by atoms with Gasteiger partial charge in [-0.2, -0.15) is 0 Å². The molecule has 1 aromatic carbocycles. The summed E-state index contributed by atoms with van der Waals surface area (Å²) in [5.74, 6) is 0.917. The topological polar surface area (TPSA) is 48.1 Å². The van der Waals surface area contributed by atoms with Gasteiger partial charge in [-0.25, -0.2) is 4.98 Å². The van der Waals surface area contributed by atoms with Crippen molar-refractivity contribution in [2.24, 2.45) is 5.73 Å². The van der Waals surface area contributed by atoms with Gasteiger partial charge >= 0.3 is 0 Å². The second-order valence-corrected chi connectivity index (χ2v) is 5.04. The summed E-state index contributed by atoms with van der Waals surface area (Å²) < 4.78 is 5.67. The summed E-state index contributed by atoms with van der Waals surface area (Å²) in [6.07, 6.45) is 2.67. The lowest BCUT2D eigenvalue weighted by atomic mass is 10.2. The van der Waals surface area contributed by atoms with Gasteiger partial charge in [0, 0.05) is 24.0 Å². The van der Waals surface area contributed by atoms with Crippen LogP contribution in [0.4, 0.5) is 0 Å². The van der Waals surface area contributed by atoms with Crippen molar-refractivity contribution in [3.63, 3.8) is 0 Å². The van der Waals surface area contributed by atoms with E-state index in [-0.39, 0.29) is 0 Å². The van der Waals surface area contributed by atoms with Crippen LogP contribution in [0.15, 0.2) is 30.5 Å². The molecule has 0 aliphatic heterocycles. The maximum absolute atomic E-state index is 5.67. The molecule has 2 N–H and O–H groups in total.